The van der Waals surface area contributed by atoms with E-state index in [9.17, 15) is 23.1 Å². The van der Waals surface area contributed by atoms with E-state index in [1.165, 1.54) is 29.8 Å². The lowest BCUT2D eigenvalue weighted by Gasteiger charge is -2.38. The number of nitrogens with one attached hydrogen (secondary N) is 1. The van der Waals surface area contributed by atoms with Crippen molar-refractivity contribution in [2.24, 2.45) is 5.92 Å². The van der Waals surface area contributed by atoms with Crippen LogP contribution in [0.25, 0.3) is 0 Å². The monoisotopic (exact) mass is 558 g/mol. The molecule has 12 heteroatoms. The number of likely N-dealkylation sites (N-methyl/N-ethyl adjacent to an activating group) is 1. The smallest absolute Gasteiger partial charge is 0.258 e. The summed E-state index contributed by atoms with van der Waals surface area (Å²) in [5.74, 6) is -0.704. The molecule has 0 saturated heterocycles. The molecule has 0 unspecified atom stereocenters. The van der Waals surface area contributed by atoms with Crippen molar-refractivity contribution in [1.29, 1.82) is 0 Å². The maximum absolute atomic E-state index is 13.6. The van der Waals surface area contributed by atoms with Crippen LogP contribution in [0.1, 0.15) is 34.6 Å². The first-order valence-corrected chi connectivity index (χ1v) is 14.4. The summed E-state index contributed by atoms with van der Waals surface area (Å²) < 4.78 is 33.9. The van der Waals surface area contributed by atoms with E-state index in [0.29, 0.717) is 11.3 Å². The zero-order valence-electron chi connectivity index (χ0n) is 21.3. The molecule has 38 heavy (non-hydrogen) atoms. The number of pyridine rings is 1. The number of benzene rings is 1. The van der Waals surface area contributed by atoms with Crippen LogP contribution < -0.4 is 10.1 Å². The second-order valence-corrected chi connectivity index (χ2v) is 12.5. The van der Waals surface area contributed by atoms with Crippen molar-refractivity contribution in [3.63, 3.8) is 0 Å². The first-order valence-electron chi connectivity index (χ1n) is 12.1. The molecular formula is C26H30N4O6S2. The molecule has 0 fully saturated rings. The molecule has 0 saturated carbocycles. The Bertz CT molecular complexity index is 1380. The molecule has 4 rings (SSSR count). The van der Waals surface area contributed by atoms with Crippen LogP contribution in [0.4, 0.5) is 5.69 Å². The van der Waals surface area contributed by atoms with E-state index in [1.807, 2.05) is 6.92 Å². The fraction of sp³-hybridized carbons (Fsp3) is 0.346. The summed E-state index contributed by atoms with van der Waals surface area (Å²) in [6.45, 7) is 3.67. The third kappa shape index (κ3) is 5.88. The molecular weight excluding hydrogens is 528 g/mol. The van der Waals surface area contributed by atoms with E-state index < -0.39 is 22.2 Å². The van der Waals surface area contributed by atoms with Crippen molar-refractivity contribution in [3.05, 3.63) is 71.4 Å². The standard InChI is InChI=1S/C26H30N4O6S2/c1-17-14-30(18(2)16-31)26(33)21-13-20(28-25(32)19-8-10-27-11-9-19)6-7-22(21)36-23(17)15-29(3)38(34,35)24-5-4-12-37-24/h4-13,17-18,23,31H,14-16H2,1-3H3,(H,28,32)/t17-,18+,23-/m1/s1. The SMILES string of the molecule is C[C@@H]1CN([C@@H](C)CO)C(=O)c2cc(NC(=O)c3ccncc3)ccc2O[C@@H]1CN(C)S(=O)(=O)c1cccs1. The van der Waals surface area contributed by atoms with E-state index in [-0.39, 0.29) is 53.0 Å². The Kier molecular flexibility index (Phi) is 8.46. The van der Waals surface area contributed by atoms with E-state index >= 15 is 0 Å². The molecule has 2 N–H and O–H groups in total. The molecule has 3 heterocycles. The van der Waals surface area contributed by atoms with Crippen LogP contribution in [0.2, 0.25) is 0 Å². The van der Waals surface area contributed by atoms with Gasteiger partial charge in [-0.1, -0.05) is 13.0 Å². The molecule has 1 aliphatic heterocycles. The molecule has 10 nitrogen and oxygen atoms in total. The van der Waals surface area contributed by atoms with Gasteiger partial charge in [-0.2, -0.15) is 4.31 Å². The Labute approximate surface area is 225 Å². The van der Waals surface area contributed by atoms with E-state index in [2.05, 4.69) is 10.3 Å². The summed E-state index contributed by atoms with van der Waals surface area (Å²) in [5.41, 5.74) is 1.01. The number of rotatable bonds is 8. The number of nitrogens with zero attached hydrogens (tertiary/aromatic N) is 3. The molecule has 1 aliphatic rings. The second kappa shape index (κ2) is 11.6. The van der Waals surface area contributed by atoms with Crippen LogP contribution in [0.5, 0.6) is 5.75 Å². The Morgan fingerprint density at radius 1 is 1.29 bits per heavy atom. The minimum Gasteiger partial charge on any atom is -0.488 e. The average Bonchev–Trinajstić information content (AvgIpc) is 3.47. The number of sulfonamides is 1. The average molecular weight is 559 g/mol. The zero-order chi connectivity index (χ0) is 27.4. The molecule has 0 spiro atoms. The molecule has 0 bridgehead atoms. The van der Waals surface area contributed by atoms with Gasteiger partial charge in [-0.15, -0.1) is 11.3 Å². The highest BCUT2D eigenvalue weighted by atomic mass is 32.2. The zero-order valence-corrected chi connectivity index (χ0v) is 22.9. The van der Waals surface area contributed by atoms with Gasteiger partial charge in [-0.3, -0.25) is 14.6 Å². The van der Waals surface area contributed by atoms with Crippen molar-refractivity contribution in [1.82, 2.24) is 14.2 Å². The first kappa shape index (κ1) is 27.7. The molecule has 3 aromatic rings. The van der Waals surface area contributed by atoms with Crippen molar-refractivity contribution in [2.45, 2.75) is 30.2 Å². The van der Waals surface area contributed by atoms with E-state index in [1.54, 1.807) is 53.6 Å². The number of ether oxygens (including phenoxy) is 1. The van der Waals surface area contributed by atoms with Crippen LogP contribution in [0.15, 0.2) is 64.4 Å². The van der Waals surface area contributed by atoms with E-state index in [4.69, 9.17) is 4.74 Å². The van der Waals surface area contributed by atoms with Gasteiger partial charge in [0, 0.05) is 43.2 Å². The predicted molar refractivity (Wildman–Crippen MR) is 144 cm³/mol. The highest BCUT2D eigenvalue weighted by Gasteiger charge is 2.35. The van der Waals surface area contributed by atoms with Crippen LogP contribution >= 0.6 is 11.3 Å². The summed E-state index contributed by atoms with van der Waals surface area (Å²) in [6, 6.07) is 10.7. The lowest BCUT2D eigenvalue weighted by molar-refractivity contribution is 0.0387. The van der Waals surface area contributed by atoms with Crippen molar-refractivity contribution in [2.75, 3.05) is 32.1 Å². The normalized spacial score (nSPS) is 18.8. The summed E-state index contributed by atoms with van der Waals surface area (Å²) in [6.07, 6.45) is 2.43. The van der Waals surface area contributed by atoms with Gasteiger partial charge in [0.1, 0.15) is 16.1 Å². The Morgan fingerprint density at radius 2 is 2.03 bits per heavy atom. The number of carbonyl (C=O) groups is 2. The molecule has 2 amide bonds. The summed E-state index contributed by atoms with van der Waals surface area (Å²) in [7, 11) is -2.21. The summed E-state index contributed by atoms with van der Waals surface area (Å²) in [5, 5.41) is 14.3. The van der Waals surface area contributed by atoms with Gasteiger partial charge in [0.15, 0.2) is 0 Å². The number of thiophene rings is 1. The van der Waals surface area contributed by atoms with Crippen molar-refractivity contribution < 1.29 is 27.9 Å². The van der Waals surface area contributed by atoms with Gasteiger partial charge >= 0.3 is 0 Å². The predicted octanol–water partition coefficient (Wildman–Crippen LogP) is 2.94. The number of aromatic nitrogens is 1. The van der Waals surface area contributed by atoms with Gasteiger partial charge in [-0.05, 0) is 48.7 Å². The summed E-state index contributed by atoms with van der Waals surface area (Å²) in [4.78, 5) is 31.7. The molecule has 0 radical (unpaired) electrons. The number of carbonyl (C=O) groups excluding carboxylic acids is 2. The third-order valence-corrected chi connectivity index (χ3v) is 9.66. The van der Waals surface area contributed by atoms with Crippen LogP contribution in [-0.4, -0.2) is 78.4 Å². The minimum absolute atomic E-state index is 0.0525. The highest BCUT2D eigenvalue weighted by molar-refractivity contribution is 7.91. The third-order valence-electron chi connectivity index (χ3n) is 6.46. The number of amides is 2. The van der Waals surface area contributed by atoms with Gasteiger partial charge in [0.25, 0.3) is 21.8 Å². The van der Waals surface area contributed by atoms with Gasteiger partial charge < -0.3 is 20.1 Å². The van der Waals surface area contributed by atoms with E-state index in [0.717, 1.165) is 11.3 Å². The van der Waals surface area contributed by atoms with Crippen molar-refractivity contribution in [3.8, 4) is 5.75 Å². The largest absolute Gasteiger partial charge is 0.488 e. The van der Waals surface area contributed by atoms with Gasteiger partial charge in [0.2, 0.25) is 0 Å². The summed E-state index contributed by atoms with van der Waals surface area (Å²) >= 11 is 1.14. The lowest BCUT2D eigenvalue weighted by atomic mass is 9.99. The molecule has 202 valence electrons. The minimum atomic E-state index is -3.71. The molecule has 1 aromatic carbocycles. The quantitative estimate of drug-likeness (QED) is 0.435. The van der Waals surface area contributed by atoms with Crippen molar-refractivity contribution >= 4 is 38.9 Å². The number of aliphatic hydroxyl groups is 1. The maximum atomic E-state index is 13.6. The van der Waals surface area contributed by atoms with Gasteiger partial charge in [-0.25, -0.2) is 8.42 Å². The van der Waals surface area contributed by atoms with Crippen LogP contribution in [0, 0.1) is 5.92 Å². The molecule has 3 atom stereocenters. The van der Waals surface area contributed by atoms with Crippen LogP contribution in [-0.2, 0) is 10.0 Å². The Balaban J connectivity index is 1.65. The number of hydrogen-bond acceptors (Lipinski definition) is 8. The fourth-order valence-corrected chi connectivity index (χ4v) is 6.52. The molecule has 0 aliphatic carbocycles. The number of aliphatic hydroxyl groups excluding tert-OH is 1. The second-order valence-electron chi connectivity index (χ2n) is 9.24. The number of hydrogen-bond donors (Lipinski definition) is 2. The first-order chi connectivity index (χ1) is 18.1. The Hall–Kier alpha value is -3.32. The topological polar surface area (TPSA) is 129 Å². The van der Waals surface area contributed by atoms with Gasteiger partial charge in [0.05, 0.1) is 24.8 Å². The lowest BCUT2D eigenvalue weighted by Crippen LogP contribution is -2.50. The fourth-order valence-electron chi connectivity index (χ4n) is 4.14. The number of anilines is 1. The molecule has 2 aromatic heterocycles. The highest BCUT2D eigenvalue weighted by Crippen LogP contribution is 2.31. The maximum Gasteiger partial charge on any atom is 0.258 e. The number of fused-ring (bicyclic) bond motifs is 1. The van der Waals surface area contributed by atoms with Crippen LogP contribution in [0.3, 0.4) is 0 Å². The Morgan fingerprint density at radius 3 is 2.68 bits per heavy atom.